The molecular formula is C34H36N6O4S. The maximum absolute atomic E-state index is 14.4. The van der Waals surface area contributed by atoms with Crippen molar-refractivity contribution in [2.45, 2.75) is 31.3 Å². The van der Waals surface area contributed by atoms with Crippen LogP contribution in [0.15, 0.2) is 78.1 Å². The molecule has 10 nitrogen and oxygen atoms in total. The molecule has 232 valence electrons. The zero-order valence-corrected chi connectivity index (χ0v) is 26.7. The molecule has 1 fully saturated rings. The van der Waals surface area contributed by atoms with Crippen molar-refractivity contribution in [3.8, 4) is 17.6 Å². The summed E-state index contributed by atoms with van der Waals surface area (Å²) < 4.78 is 42.1. The third-order valence-electron chi connectivity index (χ3n) is 8.65. The minimum atomic E-state index is -4.08. The number of methoxy groups -OCH3 is 1. The first kappa shape index (κ1) is 30.4. The second-order valence-electron chi connectivity index (χ2n) is 11.3. The first-order valence-electron chi connectivity index (χ1n) is 14.9. The van der Waals surface area contributed by atoms with Crippen LogP contribution < -0.4 is 18.7 Å². The largest absolute Gasteiger partial charge is 0.497 e. The van der Waals surface area contributed by atoms with Gasteiger partial charge >= 0.3 is 0 Å². The highest BCUT2D eigenvalue weighted by atomic mass is 32.2. The van der Waals surface area contributed by atoms with Crippen LogP contribution in [0, 0.1) is 25.2 Å². The van der Waals surface area contributed by atoms with Crippen LogP contribution in [0.25, 0.3) is 0 Å². The van der Waals surface area contributed by atoms with E-state index in [1.165, 1.54) is 4.31 Å². The Balaban J connectivity index is 1.55. The van der Waals surface area contributed by atoms with Crippen molar-refractivity contribution in [3.63, 3.8) is 0 Å². The Morgan fingerprint density at radius 1 is 0.956 bits per heavy atom. The average molecular weight is 625 g/mol. The van der Waals surface area contributed by atoms with Gasteiger partial charge in [0.2, 0.25) is 0 Å². The van der Waals surface area contributed by atoms with Crippen molar-refractivity contribution in [2.75, 3.05) is 55.6 Å². The summed E-state index contributed by atoms with van der Waals surface area (Å²) in [7, 11) is -2.47. The zero-order valence-electron chi connectivity index (χ0n) is 25.9. The third-order valence-corrected chi connectivity index (χ3v) is 10.3. The van der Waals surface area contributed by atoms with E-state index in [4.69, 9.17) is 9.47 Å². The number of hydrogen-bond acceptors (Lipinski definition) is 9. The summed E-state index contributed by atoms with van der Waals surface area (Å²) in [5.41, 5.74) is 4.36. The van der Waals surface area contributed by atoms with Crippen molar-refractivity contribution >= 4 is 21.4 Å². The molecule has 0 N–H and O–H groups in total. The summed E-state index contributed by atoms with van der Waals surface area (Å²) in [5.74, 6) is 1.25. The first-order valence-corrected chi connectivity index (χ1v) is 16.4. The summed E-state index contributed by atoms with van der Waals surface area (Å²) in [6, 6.07) is 20.5. The summed E-state index contributed by atoms with van der Waals surface area (Å²) >= 11 is 0. The van der Waals surface area contributed by atoms with Gasteiger partial charge in [-0.15, -0.1) is 0 Å². The smallest absolute Gasteiger partial charge is 0.281 e. The molecule has 11 heteroatoms. The molecule has 1 unspecified atom stereocenters. The fourth-order valence-electron chi connectivity index (χ4n) is 6.45. The monoisotopic (exact) mass is 624 g/mol. The van der Waals surface area contributed by atoms with E-state index in [9.17, 15) is 13.7 Å². The molecule has 2 aliphatic rings. The molecule has 6 rings (SSSR count). The second-order valence-corrected chi connectivity index (χ2v) is 13.1. The van der Waals surface area contributed by atoms with Gasteiger partial charge in [-0.05, 0) is 80.9 Å². The number of anilines is 2. The van der Waals surface area contributed by atoms with Crippen LogP contribution in [0.2, 0.25) is 0 Å². The summed E-state index contributed by atoms with van der Waals surface area (Å²) in [4.78, 5) is 13.3. The van der Waals surface area contributed by atoms with E-state index in [1.807, 2.05) is 57.3 Å². The van der Waals surface area contributed by atoms with E-state index in [0.717, 1.165) is 28.1 Å². The van der Waals surface area contributed by atoms with Gasteiger partial charge in [0, 0.05) is 61.1 Å². The summed E-state index contributed by atoms with van der Waals surface area (Å²) in [6.45, 7) is 8.92. The Labute approximate surface area is 264 Å². The lowest BCUT2D eigenvalue weighted by atomic mass is 9.81. The first-order chi connectivity index (χ1) is 21.7. The lowest BCUT2D eigenvalue weighted by Gasteiger charge is -2.47. The van der Waals surface area contributed by atoms with Crippen LogP contribution in [-0.4, -0.2) is 69.7 Å². The summed E-state index contributed by atoms with van der Waals surface area (Å²) in [6.07, 6.45) is 3.38. The van der Waals surface area contributed by atoms with Gasteiger partial charge in [0.25, 0.3) is 10.0 Å². The van der Waals surface area contributed by atoms with Crippen LogP contribution in [0.4, 0.5) is 11.4 Å². The number of rotatable bonds is 8. The SMILES string of the molecule is CCOc1ccc(OC)cc1C1(N2CCN(c3ccnc(C)c3)CC2)CN(S(=O)(=O)c2ccc(C)cn2)c2ccc(C#N)cc21. The van der Waals surface area contributed by atoms with Gasteiger partial charge in [0.1, 0.15) is 11.5 Å². The van der Waals surface area contributed by atoms with Crippen LogP contribution in [-0.2, 0) is 15.6 Å². The van der Waals surface area contributed by atoms with Gasteiger partial charge in [-0.2, -0.15) is 13.7 Å². The Morgan fingerprint density at radius 2 is 1.76 bits per heavy atom. The van der Waals surface area contributed by atoms with E-state index >= 15 is 0 Å². The number of pyridine rings is 2. The van der Waals surface area contributed by atoms with E-state index in [1.54, 1.807) is 37.6 Å². The lowest BCUT2D eigenvalue weighted by Crippen LogP contribution is -2.58. The van der Waals surface area contributed by atoms with Crippen LogP contribution in [0.1, 0.15) is 34.9 Å². The Bertz CT molecular complexity index is 1870. The summed E-state index contributed by atoms with van der Waals surface area (Å²) in [5, 5.41) is 9.96. The van der Waals surface area contributed by atoms with Crippen LogP contribution in [0.5, 0.6) is 11.5 Å². The van der Waals surface area contributed by atoms with E-state index < -0.39 is 15.6 Å². The van der Waals surface area contributed by atoms with Gasteiger partial charge in [-0.1, -0.05) is 6.07 Å². The van der Waals surface area contributed by atoms with Gasteiger partial charge < -0.3 is 14.4 Å². The number of hydrogen-bond donors (Lipinski definition) is 0. The van der Waals surface area contributed by atoms with Crippen LogP contribution in [0.3, 0.4) is 0 Å². The van der Waals surface area contributed by atoms with Crippen molar-refractivity contribution in [2.24, 2.45) is 0 Å². The molecule has 2 aliphatic heterocycles. The molecule has 1 atom stereocenters. The van der Waals surface area contributed by atoms with Gasteiger partial charge in [0.05, 0.1) is 43.1 Å². The third kappa shape index (κ3) is 5.34. The Kier molecular flexibility index (Phi) is 8.12. The fourth-order valence-corrected chi connectivity index (χ4v) is 7.88. The minimum absolute atomic E-state index is 0.0345. The number of fused-ring (bicyclic) bond motifs is 1. The quantitative estimate of drug-likeness (QED) is 0.277. The molecule has 0 spiro atoms. The van der Waals surface area contributed by atoms with Crippen molar-refractivity contribution < 1.29 is 17.9 Å². The number of ether oxygens (including phenoxy) is 2. The number of sulfonamides is 1. The molecular weight excluding hydrogens is 588 g/mol. The van der Waals surface area contributed by atoms with Crippen molar-refractivity contribution in [1.29, 1.82) is 5.26 Å². The highest BCUT2D eigenvalue weighted by Gasteiger charge is 2.54. The van der Waals surface area contributed by atoms with E-state index in [2.05, 4.69) is 31.9 Å². The minimum Gasteiger partial charge on any atom is -0.497 e. The van der Waals surface area contributed by atoms with Gasteiger partial charge in [-0.3, -0.25) is 14.2 Å². The number of nitriles is 1. The maximum Gasteiger partial charge on any atom is 0.281 e. The standard InChI is InChI=1S/C34H36N6O4S/c1-5-44-32-10-8-28(43-4)20-30(32)34(39-16-14-38(15-17-39)27-12-13-36-25(3)18-27)23-40(31-9-7-26(21-35)19-29(31)34)45(41,42)33-11-6-24(2)22-37-33/h6-13,18-20,22H,5,14-17,23H2,1-4H3. The highest BCUT2D eigenvalue weighted by molar-refractivity contribution is 7.92. The molecule has 2 aromatic heterocycles. The number of aromatic nitrogens is 2. The molecule has 2 aromatic carbocycles. The number of benzene rings is 2. The fraction of sp³-hybridized carbons (Fsp3) is 0.324. The molecule has 4 heterocycles. The van der Waals surface area contributed by atoms with Crippen molar-refractivity contribution in [1.82, 2.24) is 14.9 Å². The predicted molar refractivity (Wildman–Crippen MR) is 172 cm³/mol. The highest BCUT2D eigenvalue weighted by Crippen LogP contribution is 2.52. The molecule has 1 saturated heterocycles. The second kappa shape index (κ2) is 12.0. The molecule has 0 radical (unpaired) electrons. The molecule has 0 saturated carbocycles. The average Bonchev–Trinajstić information content (AvgIpc) is 3.41. The number of nitrogens with zero attached hydrogens (tertiary/aromatic N) is 6. The maximum atomic E-state index is 14.4. The topological polar surface area (TPSA) is 112 Å². The lowest BCUT2D eigenvalue weighted by molar-refractivity contribution is 0.124. The normalized spacial score (nSPS) is 18.4. The molecule has 0 amide bonds. The molecule has 45 heavy (non-hydrogen) atoms. The number of aryl methyl sites for hydroxylation is 2. The molecule has 0 aliphatic carbocycles. The predicted octanol–water partition coefficient (Wildman–Crippen LogP) is 4.65. The molecule has 0 bridgehead atoms. The Morgan fingerprint density at radius 3 is 2.42 bits per heavy atom. The van der Waals surface area contributed by atoms with Gasteiger partial charge in [-0.25, -0.2) is 4.98 Å². The molecule has 4 aromatic rings. The number of piperazine rings is 1. The van der Waals surface area contributed by atoms with E-state index in [0.29, 0.717) is 55.5 Å². The van der Waals surface area contributed by atoms with Crippen LogP contribution >= 0.6 is 0 Å². The Hall–Kier alpha value is -4.66. The van der Waals surface area contributed by atoms with Gasteiger partial charge in [0.15, 0.2) is 5.03 Å². The zero-order chi connectivity index (χ0) is 31.8. The van der Waals surface area contributed by atoms with E-state index in [-0.39, 0.29) is 11.6 Å². The van der Waals surface area contributed by atoms with Crippen molar-refractivity contribution in [3.05, 3.63) is 101 Å².